The van der Waals surface area contributed by atoms with E-state index in [1.165, 1.54) is 11.3 Å². The minimum atomic E-state index is -0.164. The van der Waals surface area contributed by atoms with Crippen molar-refractivity contribution < 1.29 is 4.79 Å². The van der Waals surface area contributed by atoms with E-state index in [-0.39, 0.29) is 5.91 Å². The highest BCUT2D eigenvalue weighted by Gasteiger charge is 2.18. The Balaban J connectivity index is 1.64. The Labute approximate surface area is 161 Å². The predicted octanol–water partition coefficient (Wildman–Crippen LogP) is 4.62. The molecule has 0 aliphatic carbocycles. The van der Waals surface area contributed by atoms with Crippen molar-refractivity contribution in [1.29, 1.82) is 0 Å². The fourth-order valence-electron chi connectivity index (χ4n) is 2.53. The minimum absolute atomic E-state index is 0.164. The Hall–Kier alpha value is -2.26. The Morgan fingerprint density at radius 3 is 2.68 bits per heavy atom. The molecule has 5 nitrogen and oxygen atoms in total. The molecule has 0 bridgehead atoms. The molecule has 0 aliphatic rings. The molecule has 0 radical (unpaired) electrons. The van der Waals surface area contributed by atoms with Crippen LogP contribution in [-0.4, -0.2) is 20.3 Å². The van der Waals surface area contributed by atoms with E-state index in [2.05, 4.69) is 37.9 Å². The van der Waals surface area contributed by atoms with Crippen LogP contribution in [0.5, 0.6) is 0 Å². The van der Waals surface area contributed by atoms with Crippen LogP contribution in [0.2, 0.25) is 0 Å². The number of rotatable bonds is 3. The molecule has 4 aromatic rings. The van der Waals surface area contributed by atoms with E-state index in [0.29, 0.717) is 10.7 Å². The molecule has 3 aromatic heterocycles. The van der Waals surface area contributed by atoms with E-state index >= 15 is 0 Å². The van der Waals surface area contributed by atoms with Gasteiger partial charge in [0.25, 0.3) is 5.91 Å². The third-order valence-electron chi connectivity index (χ3n) is 3.80. The fourth-order valence-corrected chi connectivity index (χ4v) is 3.85. The number of hydrogen-bond acceptors (Lipinski definition) is 4. The second kappa shape index (κ2) is 6.57. The summed E-state index contributed by atoms with van der Waals surface area (Å²) >= 11 is 3.56. The highest BCUT2D eigenvalue weighted by atomic mass is 127. The number of fused-ring (bicyclic) bond motifs is 1. The molecule has 0 fully saturated rings. The number of nitrogens with one attached hydrogen (secondary N) is 1. The summed E-state index contributed by atoms with van der Waals surface area (Å²) in [5, 5.41) is 2.84. The van der Waals surface area contributed by atoms with Crippen LogP contribution >= 0.6 is 33.9 Å². The summed E-state index contributed by atoms with van der Waals surface area (Å²) in [5.41, 5.74) is 2.84. The van der Waals surface area contributed by atoms with Crippen molar-refractivity contribution >= 4 is 50.6 Å². The number of pyridine rings is 1. The number of anilines is 1. The summed E-state index contributed by atoms with van der Waals surface area (Å²) in [4.78, 5) is 22.9. The third kappa shape index (κ3) is 3.16. The van der Waals surface area contributed by atoms with E-state index in [1.54, 1.807) is 12.3 Å². The molecule has 4 rings (SSSR count). The Bertz CT molecular complexity index is 1050. The van der Waals surface area contributed by atoms with Crippen LogP contribution in [0.15, 0.2) is 54.9 Å². The van der Waals surface area contributed by atoms with Gasteiger partial charge in [-0.25, -0.2) is 9.97 Å². The number of nitrogens with zero attached hydrogens (tertiary/aromatic N) is 3. The summed E-state index contributed by atoms with van der Waals surface area (Å²) < 4.78 is 2.98. The number of carbonyl (C=O) groups excluding carboxylic acids is 1. The highest BCUT2D eigenvalue weighted by molar-refractivity contribution is 14.1. The van der Waals surface area contributed by atoms with Crippen LogP contribution in [0, 0.1) is 10.5 Å². The van der Waals surface area contributed by atoms with E-state index in [9.17, 15) is 4.79 Å². The topological polar surface area (TPSA) is 59.3 Å². The summed E-state index contributed by atoms with van der Waals surface area (Å²) in [6.07, 6.45) is 3.69. The average Bonchev–Trinajstić information content (AvgIpc) is 3.17. The molecular formula is C18H13IN4OS. The average molecular weight is 460 g/mol. The summed E-state index contributed by atoms with van der Waals surface area (Å²) in [6.45, 7) is 1.93. The Morgan fingerprint density at radius 2 is 2.00 bits per heavy atom. The van der Waals surface area contributed by atoms with Crippen LogP contribution in [0.25, 0.3) is 16.2 Å². The van der Waals surface area contributed by atoms with Gasteiger partial charge < -0.3 is 5.32 Å². The number of thiazole rings is 1. The van der Waals surface area contributed by atoms with Crippen molar-refractivity contribution in [2.24, 2.45) is 0 Å². The third-order valence-corrected chi connectivity index (χ3v) is 5.60. The van der Waals surface area contributed by atoms with Crippen LogP contribution in [0.1, 0.15) is 15.4 Å². The van der Waals surface area contributed by atoms with Crippen molar-refractivity contribution in [3.05, 3.63) is 69.0 Å². The van der Waals surface area contributed by atoms with Crippen LogP contribution in [-0.2, 0) is 0 Å². The van der Waals surface area contributed by atoms with Gasteiger partial charge in [-0.3, -0.25) is 9.20 Å². The molecule has 25 heavy (non-hydrogen) atoms. The van der Waals surface area contributed by atoms with Gasteiger partial charge in [0.05, 0.1) is 5.69 Å². The molecule has 0 aliphatic heterocycles. The van der Waals surface area contributed by atoms with Gasteiger partial charge >= 0.3 is 0 Å². The molecule has 0 unspecified atom stereocenters. The normalized spacial score (nSPS) is 11.0. The lowest BCUT2D eigenvalue weighted by molar-refractivity contribution is 0.102. The number of amides is 1. The minimum Gasteiger partial charge on any atom is -0.306 e. The SMILES string of the molecule is Cc1c(C(=O)Nc2ccc(I)cn2)sc2nc(-c3ccccc3)cn12. The second-order valence-electron chi connectivity index (χ2n) is 5.48. The van der Waals surface area contributed by atoms with E-state index in [0.717, 1.165) is 25.5 Å². The fraction of sp³-hybridized carbons (Fsp3) is 0.0556. The number of carbonyl (C=O) groups is 1. The Kier molecular flexibility index (Phi) is 4.26. The van der Waals surface area contributed by atoms with E-state index in [4.69, 9.17) is 0 Å². The maximum atomic E-state index is 12.6. The molecule has 3 heterocycles. The van der Waals surface area contributed by atoms with Crippen molar-refractivity contribution in [3.8, 4) is 11.3 Å². The molecule has 124 valence electrons. The standard InChI is InChI=1S/C18H13IN4OS/c1-11-16(17(24)22-15-8-7-13(19)9-20-15)25-18-21-14(10-23(11)18)12-5-3-2-4-6-12/h2-10H,1H3,(H,20,22,24). The quantitative estimate of drug-likeness (QED) is 0.454. The number of hydrogen-bond donors (Lipinski definition) is 1. The summed E-state index contributed by atoms with van der Waals surface area (Å²) in [7, 11) is 0. The predicted molar refractivity (Wildman–Crippen MR) is 108 cm³/mol. The van der Waals surface area contributed by atoms with Gasteiger partial charge in [-0.05, 0) is 41.6 Å². The van der Waals surface area contributed by atoms with Gasteiger partial charge in [0, 0.05) is 27.2 Å². The molecule has 0 saturated heterocycles. The largest absolute Gasteiger partial charge is 0.306 e. The van der Waals surface area contributed by atoms with E-state index in [1.807, 2.05) is 53.9 Å². The first-order chi connectivity index (χ1) is 12.1. The van der Waals surface area contributed by atoms with Gasteiger partial charge in [-0.15, -0.1) is 0 Å². The van der Waals surface area contributed by atoms with Crippen molar-refractivity contribution in [2.75, 3.05) is 5.32 Å². The molecule has 0 spiro atoms. The lowest BCUT2D eigenvalue weighted by atomic mass is 10.2. The highest BCUT2D eigenvalue weighted by Crippen LogP contribution is 2.27. The first-order valence-electron chi connectivity index (χ1n) is 7.58. The van der Waals surface area contributed by atoms with Crippen molar-refractivity contribution in [1.82, 2.24) is 14.4 Å². The van der Waals surface area contributed by atoms with Gasteiger partial charge in [-0.2, -0.15) is 0 Å². The molecule has 7 heteroatoms. The summed E-state index contributed by atoms with van der Waals surface area (Å²) in [6, 6.07) is 13.7. The molecule has 1 N–H and O–H groups in total. The zero-order valence-electron chi connectivity index (χ0n) is 13.2. The van der Waals surface area contributed by atoms with Crippen LogP contribution in [0.3, 0.4) is 0 Å². The number of aryl methyl sites for hydroxylation is 1. The van der Waals surface area contributed by atoms with Crippen LogP contribution < -0.4 is 5.32 Å². The molecule has 1 aromatic carbocycles. The van der Waals surface area contributed by atoms with E-state index < -0.39 is 0 Å². The van der Waals surface area contributed by atoms with Gasteiger partial charge in [0.2, 0.25) is 0 Å². The van der Waals surface area contributed by atoms with Crippen LogP contribution in [0.4, 0.5) is 5.82 Å². The number of aromatic nitrogens is 3. The van der Waals surface area contributed by atoms with Gasteiger partial charge in [-0.1, -0.05) is 41.7 Å². The van der Waals surface area contributed by atoms with Gasteiger partial charge in [0.15, 0.2) is 4.96 Å². The summed E-state index contributed by atoms with van der Waals surface area (Å²) in [5.74, 6) is 0.379. The maximum Gasteiger partial charge on any atom is 0.268 e. The number of imidazole rings is 1. The molecule has 0 atom stereocenters. The maximum absolute atomic E-state index is 12.6. The zero-order valence-corrected chi connectivity index (χ0v) is 16.2. The zero-order chi connectivity index (χ0) is 17.4. The lowest BCUT2D eigenvalue weighted by Gasteiger charge is -2.03. The van der Waals surface area contributed by atoms with Crippen molar-refractivity contribution in [2.45, 2.75) is 6.92 Å². The Morgan fingerprint density at radius 1 is 1.20 bits per heavy atom. The van der Waals surface area contributed by atoms with Crippen molar-refractivity contribution in [3.63, 3.8) is 0 Å². The smallest absolute Gasteiger partial charge is 0.268 e. The molecule has 0 saturated carbocycles. The molecule has 1 amide bonds. The van der Waals surface area contributed by atoms with Gasteiger partial charge in [0.1, 0.15) is 10.7 Å². The first kappa shape index (κ1) is 16.2. The molecular weight excluding hydrogens is 447 g/mol. The number of benzene rings is 1. The lowest BCUT2D eigenvalue weighted by Crippen LogP contribution is -2.12. The second-order valence-corrected chi connectivity index (χ2v) is 7.70. The first-order valence-corrected chi connectivity index (χ1v) is 9.48. The monoisotopic (exact) mass is 460 g/mol. The number of halogens is 1.